The molecule has 0 bridgehead atoms. The molecule has 0 unspecified atom stereocenters. The van der Waals surface area contributed by atoms with Gasteiger partial charge in [0.2, 0.25) is 0 Å². The molecule has 1 aromatic heterocycles. The molecule has 0 fully saturated rings. The predicted octanol–water partition coefficient (Wildman–Crippen LogP) is 1.65. The van der Waals surface area contributed by atoms with E-state index in [1.165, 1.54) is 6.07 Å². The van der Waals surface area contributed by atoms with E-state index < -0.39 is 5.97 Å². The van der Waals surface area contributed by atoms with Gasteiger partial charge in [0.15, 0.2) is 11.0 Å². The van der Waals surface area contributed by atoms with Gasteiger partial charge >= 0.3 is 5.97 Å². The zero-order chi connectivity index (χ0) is 10.7. The first-order valence-corrected chi connectivity index (χ1v) is 4.41. The highest BCUT2D eigenvalue weighted by Crippen LogP contribution is 2.15. The zero-order valence-corrected chi connectivity index (χ0v) is 8.54. The molecule has 1 heterocycles. The molecule has 0 aliphatic carbocycles. The Morgan fingerprint density at radius 1 is 1.57 bits per heavy atom. The number of hydrogen-bond acceptors (Lipinski definition) is 4. The molecular formula is C8H10ClN3O2. The molecule has 0 spiro atoms. The van der Waals surface area contributed by atoms with Crippen molar-refractivity contribution in [2.45, 2.75) is 19.9 Å². The molecule has 76 valence electrons. The minimum absolute atomic E-state index is 0.0266. The Labute approximate surface area is 86.1 Å². The third-order valence-electron chi connectivity index (χ3n) is 1.42. The lowest BCUT2D eigenvalue weighted by Crippen LogP contribution is -2.15. The van der Waals surface area contributed by atoms with Crippen LogP contribution in [0.3, 0.4) is 0 Å². The quantitative estimate of drug-likeness (QED) is 0.802. The van der Waals surface area contributed by atoms with Crippen LogP contribution in [0, 0.1) is 0 Å². The third-order valence-corrected chi connectivity index (χ3v) is 1.60. The van der Waals surface area contributed by atoms with Crippen molar-refractivity contribution in [3.8, 4) is 0 Å². The number of carboxylic acid groups (broad SMARTS) is 1. The van der Waals surface area contributed by atoms with Crippen LogP contribution in [0.4, 0.5) is 5.82 Å². The van der Waals surface area contributed by atoms with E-state index in [0.29, 0.717) is 0 Å². The molecule has 1 rings (SSSR count). The van der Waals surface area contributed by atoms with Crippen LogP contribution >= 0.6 is 11.6 Å². The first-order chi connectivity index (χ1) is 6.50. The van der Waals surface area contributed by atoms with E-state index in [9.17, 15) is 4.79 Å². The number of nitrogens with one attached hydrogen (secondary N) is 1. The van der Waals surface area contributed by atoms with Gasteiger partial charge in [0.25, 0.3) is 0 Å². The molecule has 0 aromatic carbocycles. The smallest absolute Gasteiger partial charge is 0.339 e. The molecule has 0 aliphatic rings. The van der Waals surface area contributed by atoms with E-state index in [4.69, 9.17) is 16.7 Å². The number of anilines is 1. The minimum atomic E-state index is -1.08. The van der Waals surface area contributed by atoms with Gasteiger partial charge in [0.1, 0.15) is 5.56 Å². The zero-order valence-electron chi connectivity index (χ0n) is 7.78. The van der Waals surface area contributed by atoms with Crippen molar-refractivity contribution in [3.05, 3.63) is 16.8 Å². The van der Waals surface area contributed by atoms with E-state index in [0.717, 1.165) is 0 Å². The van der Waals surface area contributed by atoms with Crippen molar-refractivity contribution < 1.29 is 9.90 Å². The number of nitrogens with zero attached hydrogens (tertiary/aromatic N) is 2. The van der Waals surface area contributed by atoms with Gasteiger partial charge in [-0.3, -0.25) is 0 Å². The average molecular weight is 216 g/mol. The molecule has 0 amide bonds. The second-order valence-electron chi connectivity index (χ2n) is 3.03. The highest BCUT2D eigenvalue weighted by Gasteiger charge is 2.13. The maximum absolute atomic E-state index is 10.8. The standard InChI is InChI=1S/C8H10ClN3O2/c1-4(2)10-7-5(8(13)14)3-6(9)11-12-7/h3-4H,1-2H3,(H,10,12)(H,13,14). The largest absolute Gasteiger partial charge is 0.478 e. The summed E-state index contributed by atoms with van der Waals surface area (Å²) in [6.45, 7) is 3.75. The summed E-state index contributed by atoms with van der Waals surface area (Å²) in [7, 11) is 0. The number of carbonyl (C=O) groups is 1. The lowest BCUT2D eigenvalue weighted by molar-refractivity contribution is 0.0697. The van der Waals surface area contributed by atoms with Gasteiger partial charge in [-0.05, 0) is 19.9 Å². The molecule has 5 nitrogen and oxygen atoms in total. The number of aromatic nitrogens is 2. The van der Waals surface area contributed by atoms with Crippen LogP contribution in [0.5, 0.6) is 0 Å². The van der Waals surface area contributed by atoms with E-state index >= 15 is 0 Å². The summed E-state index contributed by atoms with van der Waals surface area (Å²) in [5, 5.41) is 19.0. The van der Waals surface area contributed by atoms with Crippen LogP contribution in [0.1, 0.15) is 24.2 Å². The van der Waals surface area contributed by atoms with Gasteiger partial charge in [0.05, 0.1) is 0 Å². The molecule has 0 radical (unpaired) electrons. The molecule has 0 atom stereocenters. The fourth-order valence-corrected chi connectivity index (χ4v) is 1.06. The number of aromatic carboxylic acids is 1. The first kappa shape index (κ1) is 10.7. The highest BCUT2D eigenvalue weighted by molar-refractivity contribution is 6.29. The van der Waals surface area contributed by atoms with Crippen molar-refractivity contribution in [1.82, 2.24) is 10.2 Å². The molecule has 6 heteroatoms. The van der Waals surface area contributed by atoms with Crippen LogP contribution in [0.2, 0.25) is 5.15 Å². The van der Waals surface area contributed by atoms with Gasteiger partial charge < -0.3 is 10.4 Å². The summed E-state index contributed by atoms with van der Waals surface area (Å²) in [4.78, 5) is 10.8. The summed E-state index contributed by atoms with van der Waals surface area (Å²) >= 11 is 5.53. The van der Waals surface area contributed by atoms with E-state index in [1.54, 1.807) is 0 Å². The van der Waals surface area contributed by atoms with Crippen LogP contribution in [0.15, 0.2) is 6.07 Å². The minimum Gasteiger partial charge on any atom is -0.478 e. The first-order valence-electron chi connectivity index (χ1n) is 4.03. The molecule has 2 N–H and O–H groups in total. The Hall–Kier alpha value is -1.36. The van der Waals surface area contributed by atoms with Crippen LogP contribution in [-0.4, -0.2) is 27.3 Å². The Bertz CT molecular complexity index is 354. The Balaban J connectivity index is 3.08. The van der Waals surface area contributed by atoms with Crippen molar-refractivity contribution in [2.75, 3.05) is 5.32 Å². The molecular weight excluding hydrogens is 206 g/mol. The lowest BCUT2D eigenvalue weighted by Gasteiger charge is -2.10. The second kappa shape index (κ2) is 4.23. The van der Waals surface area contributed by atoms with Crippen LogP contribution in [0.25, 0.3) is 0 Å². The highest BCUT2D eigenvalue weighted by atomic mass is 35.5. The van der Waals surface area contributed by atoms with E-state index in [-0.39, 0.29) is 22.6 Å². The molecule has 0 saturated carbocycles. The van der Waals surface area contributed by atoms with E-state index in [1.807, 2.05) is 13.8 Å². The molecule has 1 aromatic rings. The Morgan fingerprint density at radius 2 is 2.21 bits per heavy atom. The van der Waals surface area contributed by atoms with Crippen molar-refractivity contribution >= 4 is 23.4 Å². The average Bonchev–Trinajstić information content (AvgIpc) is 2.07. The third kappa shape index (κ3) is 2.56. The van der Waals surface area contributed by atoms with Gasteiger partial charge in [0, 0.05) is 6.04 Å². The Morgan fingerprint density at radius 3 is 2.71 bits per heavy atom. The van der Waals surface area contributed by atoms with Gasteiger partial charge in [-0.15, -0.1) is 10.2 Å². The Kier molecular flexibility index (Phi) is 3.24. The molecule has 0 aliphatic heterocycles. The van der Waals surface area contributed by atoms with Crippen molar-refractivity contribution in [2.24, 2.45) is 0 Å². The summed E-state index contributed by atoms with van der Waals surface area (Å²) in [5.41, 5.74) is 0.0266. The van der Waals surface area contributed by atoms with Crippen LogP contribution in [-0.2, 0) is 0 Å². The summed E-state index contributed by atoms with van der Waals surface area (Å²) < 4.78 is 0. The fourth-order valence-electron chi connectivity index (χ4n) is 0.911. The van der Waals surface area contributed by atoms with Gasteiger partial charge in [-0.2, -0.15) is 0 Å². The molecule has 14 heavy (non-hydrogen) atoms. The maximum atomic E-state index is 10.8. The summed E-state index contributed by atoms with van der Waals surface area (Å²) in [6, 6.07) is 1.35. The number of carboxylic acids is 1. The predicted molar refractivity (Wildman–Crippen MR) is 52.8 cm³/mol. The van der Waals surface area contributed by atoms with E-state index in [2.05, 4.69) is 15.5 Å². The fraction of sp³-hybridized carbons (Fsp3) is 0.375. The lowest BCUT2D eigenvalue weighted by atomic mass is 10.2. The summed E-state index contributed by atoms with van der Waals surface area (Å²) in [5.74, 6) is -0.846. The topological polar surface area (TPSA) is 75.1 Å². The van der Waals surface area contributed by atoms with Crippen molar-refractivity contribution in [3.63, 3.8) is 0 Å². The maximum Gasteiger partial charge on any atom is 0.339 e. The normalized spacial score (nSPS) is 10.3. The van der Waals surface area contributed by atoms with Gasteiger partial charge in [-0.25, -0.2) is 4.79 Å². The number of halogens is 1. The second-order valence-corrected chi connectivity index (χ2v) is 3.42. The van der Waals surface area contributed by atoms with Crippen molar-refractivity contribution in [1.29, 1.82) is 0 Å². The molecule has 0 saturated heterocycles. The number of rotatable bonds is 3. The summed E-state index contributed by atoms with van der Waals surface area (Å²) in [6.07, 6.45) is 0. The van der Waals surface area contributed by atoms with Crippen LogP contribution < -0.4 is 5.32 Å². The monoisotopic (exact) mass is 215 g/mol. The number of hydrogen-bond donors (Lipinski definition) is 2. The van der Waals surface area contributed by atoms with Gasteiger partial charge in [-0.1, -0.05) is 11.6 Å². The SMILES string of the molecule is CC(C)Nc1nnc(Cl)cc1C(=O)O.